The van der Waals surface area contributed by atoms with Gasteiger partial charge in [-0.15, -0.1) is 0 Å². The molecule has 0 bridgehead atoms. The molecule has 0 aliphatic carbocycles. The zero-order valence-electron chi connectivity index (χ0n) is 17.7. The minimum Gasteiger partial charge on any atom is -0.480 e. The summed E-state index contributed by atoms with van der Waals surface area (Å²) in [4.78, 5) is 39.5. The lowest BCUT2D eigenvalue weighted by Crippen LogP contribution is -2.58. The van der Waals surface area contributed by atoms with Crippen molar-refractivity contribution in [2.75, 3.05) is 13.2 Å². The number of likely N-dealkylation sites (tertiary alicyclic amines) is 1. The van der Waals surface area contributed by atoms with Gasteiger partial charge in [-0.1, -0.05) is 54.6 Å². The molecule has 7 nitrogen and oxygen atoms in total. The quantitative estimate of drug-likeness (QED) is 0.556. The number of benzene rings is 2. The first-order valence-electron chi connectivity index (χ1n) is 10.5. The molecule has 4 unspecified atom stereocenters. The monoisotopic (exact) mass is 474 g/mol. The molecular weight excluding hydrogens is 453 g/mol. The molecule has 0 radical (unpaired) electrons. The maximum Gasteiger partial charge on any atom is 0.416 e. The number of nitrogens with zero attached hydrogens (tertiary/aromatic N) is 1. The van der Waals surface area contributed by atoms with Crippen molar-refractivity contribution in [1.29, 1.82) is 0 Å². The highest BCUT2D eigenvalue weighted by Crippen LogP contribution is 2.49. The van der Waals surface area contributed by atoms with E-state index in [2.05, 4.69) is 5.32 Å². The first-order chi connectivity index (χ1) is 16.1. The number of halogens is 3. The van der Waals surface area contributed by atoms with Crippen LogP contribution in [0.25, 0.3) is 6.08 Å². The highest BCUT2D eigenvalue weighted by Gasteiger charge is 2.68. The van der Waals surface area contributed by atoms with Crippen LogP contribution in [-0.2, 0) is 20.6 Å². The number of nitrogens with one attached hydrogen (secondary N) is 1. The maximum absolute atomic E-state index is 13.3. The normalized spacial score (nSPS) is 26.9. The zero-order valence-corrected chi connectivity index (χ0v) is 17.7. The molecule has 2 aliphatic rings. The molecular formula is C24H21F3N2O5. The molecule has 2 aromatic carbocycles. The number of carbonyl (C=O) groups excluding carboxylic acids is 2. The molecule has 4 atom stereocenters. The number of hydrogen-bond donors (Lipinski definition) is 3. The molecule has 34 heavy (non-hydrogen) atoms. The van der Waals surface area contributed by atoms with Crippen LogP contribution >= 0.6 is 0 Å². The molecule has 4 rings (SSSR count). The summed E-state index contributed by atoms with van der Waals surface area (Å²) in [5, 5.41) is 22.5. The number of aliphatic carboxylic acids is 1. The highest BCUT2D eigenvalue weighted by molar-refractivity contribution is 6.09. The lowest BCUT2D eigenvalue weighted by atomic mass is 9.79. The molecule has 3 N–H and O–H groups in total. The Kier molecular flexibility index (Phi) is 6.05. The number of rotatable bonds is 6. The van der Waals surface area contributed by atoms with Crippen LogP contribution in [0.1, 0.15) is 22.7 Å². The Morgan fingerprint density at radius 2 is 1.79 bits per heavy atom. The van der Waals surface area contributed by atoms with Crippen molar-refractivity contribution in [3.63, 3.8) is 0 Å². The first kappa shape index (κ1) is 23.7. The molecule has 2 amide bonds. The van der Waals surface area contributed by atoms with E-state index in [1.807, 2.05) is 30.3 Å². The molecule has 0 saturated carbocycles. The van der Waals surface area contributed by atoms with Crippen molar-refractivity contribution >= 4 is 23.9 Å². The third-order valence-electron chi connectivity index (χ3n) is 6.35. The third kappa shape index (κ3) is 3.88. The van der Waals surface area contributed by atoms with Gasteiger partial charge in [0.2, 0.25) is 11.8 Å². The molecule has 2 aromatic rings. The topological polar surface area (TPSA) is 107 Å². The van der Waals surface area contributed by atoms with Crippen molar-refractivity contribution in [3.05, 3.63) is 77.4 Å². The molecule has 2 saturated heterocycles. The summed E-state index contributed by atoms with van der Waals surface area (Å²) in [5.41, 5.74) is -2.36. The predicted octanol–water partition coefficient (Wildman–Crippen LogP) is 2.48. The second-order valence-corrected chi connectivity index (χ2v) is 8.28. The predicted molar refractivity (Wildman–Crippen MR) is 114 cm³/mol. The lowest BCUT2D eigenvalue weighted by Gasteiger charge is -2.29. The van der Waals surface area contributed by atoms with E-state index in [4.69, 9.17) is 0 Å². The number of fused-ring (bicyclic) bond motifs is 1. The Morgan fingerprint density at radius 3 is 2.41 bits per heavy atom. The number of carboxylic acid groups (broad SMARTS) is 1. The van der Waals surface area contributed by atoms with E-state index in [0.717, 1.165) is 28.7 Å². The summed E-state index contributed by atoms with van der Waals surface area (Å²) in [6.07, 6.45) is -1.40. The fraction of sp³-hybridized carbons (Fsp3) is 0.292. The smallest absolute Gasteiger partial charge is 0.416 e. The Bertz CT molecular complexity index is 1150. The number of carboxylic acids is 1. The average molecular weight is 474 g/mol. The minimum absolute atomic E-state index is 0.00391. The number of hydrogen-bond acceptors (Lipinski definition) is 5. The van der Waals surface area contributed by atoms with Crippen LogP contribution in [0.4, 0.5) is 13.2 Å². The SMILES string of the molecule is O=C1C2C(c3cccc(C(F)(F)F)c3)NC(CO)(C(=O)O)C2C(=O)N1CC=Cc1ccccc1. The summed E-state index contributed by atoms with van der Waals surface area (Å²) in [5.74, 6) is -5.84. The van der Waals surface area contributed by atoms with Crippen LogP contribution < -0.4 is 5.32 Å². The zero-order chi connectivity index (χ0) is 24.7. The van der Waals surface area contributed by atoms with Gasteiger partial charge in [-0.25, -0.2) is 0 Å². The van der Waals surface area contributed by atoms with Crippen LogP contribution in [0.5, 0.6) is 0 Å². The second-order valence-electron chi connectivity index (χ2n) is 8.28. The van der Waals surface area contributed by atoms with Gasteiger partial charge in [-0.05, 0) is 23.3 Å². The lowest BCUT2D eigenvalue weighted by molar-refractivity contribution is -0.153. The Labute approximate surface area is 192 Å². The van der Waals surface area contributed by atoms with Gasteiger partial charge in [0.15, 0.2) is 5.54 Å². The van der Waals surface area contributed by atoms with E-state index in [9.17, 15) is 37.8 Å². The van der Waals surface area contributed by atoms with E-state index in [0.29, 0.717) is 0 Å². The van der Waals surface area contributed by atoms with Crippen LogP contribution in [-0.4, -0.2) is 51.6 Å². The third-order valence-corrected chi connectivity index (χ3v) is 6.35. The molecule has 2 heterocycles. The summed E-state index contributed by atoms with van der Waals surface area (Å²) >= 11 is 0. The van der Waals surface area contributed by atoms with Crippen molar-refractivity contribution in [3.8, 4) is 0 Å². The highest BCUT2D eigenvalue weighted by atomic mass is 19.4. The minimum atomic E-state index is -4.65. The molecule has 10 heteroatoms. The number of alkyl halides is 3. The fourth-order valence-corrected chi connectivity index (χ4v) is 4.71. The van der Waals surface area contributed by atoms with Crippen molar-refractivity contribution in [2.24, 2.45) is 11.8 Å². The molecule has 0 aromatic heterocycles. The Hall–Kier alpha value is -3.50. The standard InChI is InChI=1S/C24H21F3N2O5/c25-24(26,27)16-10-4-9-15(12-16)19-17-18(23(13-30,28-19)22(33)34)21(32)29(20(17)31)11-5-8-14-6-2-1-3-7-14/h1-10,12,17-19,28,30H,11,13H2,(H,33,34). The van der Waals surface area contributed by atoms with Crippen LogP contribution in [0.15, 0.2) is 60.7 Å². The summed E-state index contributed by atoms with van der Waals surface area (Å²) in [6.45, 7) is -1.17. The van der Waals surface area contributed by atoms with Crippen molar-refractivity contribution in [2.45, 2.75) is 17.8 Å². The van der Waals surface area contributed by atoms with Gasteiger partial charge in [0, 0.05) is 12.6 Å². The van der Waals surface area contributed by atoms with Crippen molar-refractivity contribution < 1.29 is 37.8 Å². The van der Waals surface area contributed by atoms with E-state index >= 15 is 0 Å². The Morgan fingerprint density at radius 1 is 1.09 bits per heavy atom. The van der Waals surface area contributed by atoms with Gasteiger partial charge in [-0.2, -0.15) is 13.2 Å². The van der Waals surface area contributed by atoms with Crippen LogP contribution in [0.2, 0.25) is 0 Å². The fourth-order valence-electron chi connectivity index (χ4n) is 4.71. The van der Waals surface area contributed by atoms with E-state index < -0.39 is 59.5 Å². The molecule has 2 aliphatic heterocycles. The summed E-state index contributed by atoms with van der Waals surface area (Å²) in [7, 11) is 0. The average Bonchev–Trinajstić information content (AvgIpc) is 3.29. The number of carbonyl (C=O) groups is 3. The van der Waals surface area contributed by atoms with E-state index in [1.54, 1.807) is 12.2 Å². The van der Waals surface area contributed by atoms with Gasteiger partial charge in [-0.3, -0.25) is 24.6 Å². The number of aliphatic hydroxyl groups excluding tert-OH is 1. The summed E-state index contributed by atoms with van der Waals surface area (Å²) in [6, 6.07) is 12.0. The number of imide groups is 1. The van der Waals surface area contributed by atoms with Crippen molar-refractivity contribution in [1.82, 2.24) is 10.2 Å². The molecule has 2 fully saturated rings. The number of aliphatic hydroxyl groups is 1. The van der Waals surface area contributed by atoms with E-state index in [1.165, 1.54) is 6.07 Å². The second kappa shape index (κ2) is 8.69. The number of amides is 2. The van der Waals surface area contributed by atoms with Gasteiger partial charge in [0.05, 0.1) is 24.0 Å². The van der Waals surface area contributed by atoms with Gasteiger partial charge < -0.3 is 10.2 Å². The van der Waals surface area contributed by atoms with Crippen LogP contribution in [0, 0.1) is 11.8 Å². The van der Waals surface area contributed by atoms with Crippen LogP contribution in [0.3, 0.4) is 0 Å². The molecule has 178 valence electrons. The van der Waals surface area contributed by atoms with Gasteiger partial charge in [0.1, 0.15) is 0 Å². The Balaban J connectivity index is 1.70. The maximum atomic E-state index is 13.3. The molecule has 0 spiro atoms. The summed E-state index contributed by atoms with van der Waals surface area (Å²) < 4.78 is 39.8. The first-order valence-corrected chi connectivity index (χ1v) is 10.5. The largest absolute Gasteiger partial charge is 0.480 e. The van der Waals surface area contributed by atoms with E-state index in [-0.39, 0.29) is 12.1 Å². The van der Waals surface area contributed by atoms with Gasteiger partial charge >= 0.3 is 12.1 Å². The van der Waals surface area contributed by atoms with Gasteiger partial charge in [0.25, 0.3) is 0 Å².